The van der Waals surface area contributed by atoms with Crippen molar-refractivity contribution in [1.29, 1.82) is 5.26 Å². The molecular formula is C27H25F2N5O5S. The van der Waals surface area contributed by atoms with E-state index in [0.717, 1.165) is 10.5 Å². The van der Waals surface area contributed by atoms with Crippen LogP contribution in [0.2, 0.25) is 0 Å². The zero-order valence-corrected chi connectivity index (χ0v) is 22.1. The molecule has 1 aliphatic rings. The molecule has 0 spiro atoms. The predicted molar refractivity (Wildman–Crippen MR) is 140 cm³/mol. The molecule has 208 valence electrons. The number of rotatable bonds is 9. The molecule has 3 amide bonds. The van der Waals surface area contributed by atoms with Gasteiger partial charge in [-0.15, -0.1) is 11.3 Å². The van der Waals surface area contributed by atoms with Crippen LogP contribution in [0.25, 0.3) is 0 Å². The molecule has 0 unspecified atom stereocenters. The number of aromatic hydroxyl groups is 1. The van der Waals surface area contributed by atoms with E-state index < -0.39 is 43.3 Å². The number of aromatic nitrogens is 1. The van der Waals surface area contributed by atoms with E-state index in [2.05, 4.69) is 15.6 Å². The largest absolute Gasteiger partial charge is 0.504 e. The Morgan fingerprint density at radius 2 is 1.90 bits per heavy atom. The van der Waals surface area contributed by atoms with Crippen molar-refractivity contribution in [2.24, 2.45) is 0 Å². The quantitative estimate of drug-likeness (QED) is 0.359. The van der Waals surface area contributed by atoms with Crippen LogP contribution < -0.4 is 15.4 Å². The summed E-state index contributed by atoms with van der Waals surface area (Å²) in [6, 6.07) is 12.2. The summed E-state index contributed by atoms with van der Waals surface area (Å²) >= 11 is 1.24. The lowest BCUT2D eigenvalue weighted by Gasteiger charge is -2.19. The third-order valence-corrected chi connectivity index (χ3v) is 7.04. The number of benzene rings is 2. The maximum Gasteiger partial charge on any atom is 0.271 e. The zero-order chi connectivity index (χ0) is 28.9. The molecule has 0 saturated carbocycles. The summed E-state index contributed by atoms with van der Waals surface area (Å²) in [7, 11) is 1.45. The molecule has 0 bridgehead atoms. The number of nitrogens with one attached hydrogen (secondary N) is 2. The number of nitrogens with zero attached hydrogens (tertiary/aromatic N) is 3. The minimum atomic E-state index is -3.13. The lowest BCUT2D eigenvalue weighted by molar-refractivity contribution is -0.131. The van der Waals surface area contributed by atoms with E-state index >= 15 is 0 Å². The molecule has 2 heterocycles. The molecule has 0 radical (unpaired) electrons. The molecule has 3 N–H and O–H groups in total. The van der Waals surface area contributed by atoms with Gasteiger partial charge in [0.25, 0.3) is 17.7 Å². The Morgan fingerprint density at radius 3 is 2.58 bits per heavy atom. The second-order valence-corrected chi connectivity index (χ2v) is 10.0. The Bertz CT molecular complexity index is 1450. The highest BCUT2D eigenvalue weighted by Crippen LogP contribution is 2.31. The summed E-state index contributed by atoms with van der Waals surface area (Å²) in [6.07, 6.45) is -0.323. The zero-order valence-electron chi connectivity index (χ0n) is 21.3. The molecule has 10 nitrogen and oxygen atoms in total. The molecule has 0 aliphatic carbocycles. The fourth-order valence-electron chi connectivity index (χ4n) is 4.12. The second-order valence-electron chi connectivity index (χ2n) is 9.10. The van der Waals surface area contributed by atoms with Gasteiger partial charge in [-0.3, -0.25) is 14.4 Å². The van der Waals surface area contributed by atoms with Gasteiger partial charge in [0.15, 0.2) is 11.5 Å². The van der Waals surface area contributed by atoms with E-state index in [-0.39, 0.29) is 23.9 Å². The van der Waals surface area contributed by atoms with Gasteiger partial charge in [0.2, 0.25) is 5.91 Å². The number of hydrogen-bond donors (Lipinski definition) is 3. The van der Waals surface area contributed by atoms with Crippen LogP contribution in [0, 0.1) is 11.3 Å². The molecule has 1 saturated heterocycles. The van der Waals surface area contributed by atoms with Crippen molar-refractivity contribution in [3.8, 4) is 17.6 Å². The van der Waals surface area contributed by atoms with E-state index in [4.69, 9.17) is 10.00 Å². The van der Waals surface area contributed by atoms with Gasteiger partial charge in [-0.05, 0) is 35.4 Å². The summed E-state index contributed by atoms with van der Waals surface area (Å²) in [4.78, 5) is 42.3. The fraction of sp³-hybridized carbons (Fsp3) is 0.296. The number of amides is 3. The second kappa shape index (κ2) is 12.1. The average Bonchev–Trinajstić information content (AvgIpc) is 3.54. The van der Waals surface area contributed by atoms with Gasteiger partial charge in [-0.1, -0.05) is 18.2 Å². The smallest absolute Gasteiger partial charge is 0.271 e. The monoisotopic (exact) mass is 569 g/mol. The van der Waals surface area contributed by atoms with Crippen molar-refractivity contribution < 1.29 is 33.0 Å². The summed E-state index contributed by atoms with van der Waals surface area (Å²) < 4.78 is 32.1. The van der Waals surface area contributed by atoms with Crippen molar-refractivity contribution >= 4 is 29.1 Å². The van der Waals surface area contributed by atoms with E-state index in [9.17, 15) is 28.3 Å². The first-order valence-corrected chi connectivity index (χ1v) is 13.0. The molecule has 1 fully saturated rings. The fourth-order valence-corrected chi connectivity index (χ4v) is 4.93. The Labute approximate surface area is 232 Å². The number of phenols is 1. The van der Waals surface area contributed by atoms with Gasteiger partial charge in [-0.25, -0.2) is 13.8 Å². The molecule has 40 heavy (non-hydrogen) atoms. The van der Waals surface area contributed by atoms with Crippen molar-refractivity contribution in [1.82, 2.24) is 20.5 Å². The highest BCUT2D eigenvalue weighted by molar-refractivity contribution is 7.09. The van der Waals surface area contributed by atoms with Crippen LogP contribution in [0.1, 0.15) is 43.4 Å². The molecule has 4 rings (SSSR count). The van der Waals surface area contributed by atoms with Gasteiger partial charge >= 0.3 is 0 Å². The number of halogens is 2. The normalized spacial score (nSPS) is 15.8. The molecule has 1 aliphatic heterocycles. The van der Waals surface area contributed by atoms with Crippen molar-refractivity contribution in [3.05, 3.63) is 75.2 Å². The third-order valence-electron chi connectivity index (χ3n) is 6.19. The standard InChI is InChI=1S/C27H25F2N5O5S/c1-39-22-7-4-17(8-21(22)35)12-31-25(37)18-5-2-16(3-6-18)9-23-33-20(14-40-23)26(38)32-13-24(36)34-15-27(28,29)10-19(34)11-30/h2-8,14,19,35H,9-10,12-13,15H2,1H3,(H,31,37)(H,32,38)/t19-/m0/s1. The first kappa shape index (κ1) is 28.4. The third kappa shape index (κ3) is 6.89. The Balaban J connectivity index is 1.26. The van der Waals surface area contributed by atoms with Crippen molar-refractivity contribution in [3.63, 3.8) is 0 Å². The Kier molecular flexibility index (Phi) is 8.59. The van der Waals surface area contributed by atoms with E-state index in [1.165, 1.54) is 29.9 Å². The number of alkyl halides is 2. The van der Waals surface area contributed by atoms with Crippen LogP contribution in [0.3, 0.4) is 0 Å². The van der Waals surface area contributed by atoms with E-state index in [0.29, 0.717) is 28.3 Å². The number of thiazole rings is 1. The predicted octanol–water partition coefficient (Wildman–Crippen LogP) is 2.87. The number of hydrogen-bond acceptors (Lipinski definition) is 8. The van der Waals surface area contributed by atoms with Gasteiger partial charge in [0.05, 0.1) is 31.3 Å². The number of methoxy groups -OCH3 is 1. The molecular weight excluding hydrogens is 544 g/mol. The highest BCUT2D eigenvalue weighted by atomic mass is 32.1. The van der Waals surface area contributed by atoms with Crippen LogP contribution >= 0.6 is 11.3 Å². The van der Waals surface area contributed by atoms with E-state index in [1.807, 2.05) is 0 Å². The van der Waals surface area contributed by atoms with Crippen LogP contribution in [0.4, 0.5) is 8.78 Å². The summed E-state index contributed by atoms with van der Waals surface area (Å²) in [6.45, 7) is -1.16. The Morgan fingerprint density at radius 1 is 1.18 bits per heavy atom. The maximum absolute atomic E-state index is 13.6. The van der Waals surface area contributed by atoms with Crippen LogP contribution in [0.15, 0.2) is 47.8 Å². The van der Waals surface area contributed by atoms with Gasteiger partial charge in [-0.2, -0.15) is 5.26 Å². The first-order chi connectivity index (χ1) is 19.1. The minimum absolute atomic E-state index is 0.0157. The van der Waals surface area contributed by atoms with Crippen LogP contribution in [-0.4, -0.2) is 64.9 Å². The summed E-state index contributed by atoms with van der Waals surface area (Å²) in [5.41, 5.74) is 2.09. The van der Waals surface area contributed by atoms with Crippen LogP contribution in [-0.2, 0) is 17.8 Å². The van der Waals surface area contributed by atoms with Crippen molar-refractivity contribution in [2.75, 3.05) is 20.2 Å². The van der Waals surface area contributed by atoms with Gasteiger partial charge in [0, 0.05) is 30.3 Å². The number of phenolic OH excluding ortho intramolecular Hbond substituents is 1. The Hall–Kier alpha value is -4.57. The lowest BCUT2D eigenvalue weighted by atomic mass is 10.1. The molecule has 1 aromatic heterocycles. The lowest BCUT2D eigenvalue weighted by Crippen LogP contribution is -2.43. The molecule has 1 atom stereocenters. The molecule has 13 heteroatoms. The SMILES string of the molecule is COc1ccc(CNC(=O)c2ccc(Cc3nc(C(=O)NCC(=O)N4CC(F)(F)C[C@H]4C#N)cs3)cc2)cc1O. The van der Waals surface area contributed by atoms with Crippen LogP contribution in [0.5, 0.6) is 11.5 Å². The summed E-state index contributed by atoms with van der Waals surface area (Å²) in [5.74, 6) is -4.49. The topological polar surface area (TPSA) is 145 Å². The number of likely N-dealkylation sites (tertiary alicyclic amines) is 1. The molecule has 2 aromatic carbocycles. The maximum atomic E-state index is 13.6. The summed E-state index contributed by atoms with van der Waals surface area (Å²) in [5, 5.41) is 26.2. The van der Waals surface area contributed by atoms with Gasteiger partial charge < -0.3 is 25.4 Å². The number of carbonyl (C=O) groups excluding carboxylic acids is 3. The van der Waals surface area contributed by atoms with Gasteiger partial charge in [0.1, 0.15) is 11.7 Å². The number of nitriles is 1. The average molecular weight is 570 g/mol. The first-order valence-electron chi connectivity index (χ1n) is 12.1. The minimum Gasteiger partial charge on any atom is -0.504 e. The molecule has 3 aromatic rings. The van der Waals surface area contributed by atoms with E-state index in [1.54, 1.807) is 42.5 Å². The highest BCUT2D eigenvalue weighted by Gasteiger charge is 2.47. The number of ether oxygens (including phenoxy) is 1. The number of carbonyl (C=O) groups is 3. The van der Waals surface area contributed by atoms with Crippen molar-refractivity contribution in [2.45, 2.75) is 31.4 Å².